The highest BCUT2D eigenvalue weighted by Gasteiger charge is 2.22. The van der Waals surface area contributed by atoms with Crippen molar-refractivity contribution in [1.82, 2.24) is 4.90 Å². The lowest BCUT2D eigenvalue weighted by atomic mass is 10.1. The molecule has 30 heavy (non-hydrogen) atoms. The Morgan fingerprint density at radius 2 is 1.87 bits per heavy atom. The van der Waals surface area contributed by atoms with Crippen molar-refractivity contribution >= 4 is 27.4 Å². The summed E-state index contributed by atoms with van der Waals surface area (Å²) in [6.07, 6.45) is 0.784. The molecular formula is C22H22FNO4S2. The van der Waals surface area contributed by atoms with E-state index in [1.54, 1.807) is 23.1 Å². The number of amides is 1. The van der Waals surface area contributed by atoms with Gasteiger partial charge in [0.1, 0.15) is 16.5 Å². The van der Waals surface area contributed by atoms with Crippen LogP contribution in [0.25, 0.3) is 0 Å². The van der Waals surface area contributed by atoms with Gasteiger partial charge in [-0.15, -0.1) is 11.3 Å². The smallest absolute Gasteiger partial charge is 0.339 e. The summed E-state index contributed by atoms with van der Waals surface area (Å²) in [6.45, 7) is 4.30. The molecule has 1 atom stereocenters. The minimum absolute atomic E-state index is 0.00659. The zero-order valence-electron chi connectivity index (χ0n) is 16.6. The first-order chi connectivity index (χ1) is 14.3. The molecule has 0 aliphatic rings. The summed E-state index contributed by atoms with van der Waals surface area (Å²) >= 11 is 1.39. The highest BCUT2D eigenvalue weighted by atomic mass is 32.2. The number of rotatable bonds is 8. The van der Waals surface area contributed by atoms with Crippen LogP contribution < -0.4 is 4.18 Å². The molecule has 1 amide bonds. The van der Waals surface area contributed by atoms with Gasteiger partial charge in [0.2, 0.25) is 0 Å². The van der Waals surface area contributed by atoms with Gasteiger partial charge in [-0.1, -0.05) is 25.1 Å². The van der Waals surface area contributed by atoms with Crippen molar-refractivity contribution in [2.75, 3.05) is 0 Å². The Morgan fingerprint density at radius 3 is 2.50 bits per heavy atom. The molecule has 158 valence electrons. The zero-order valence-corrected chi connectivity index (χ0v) is 18.3. The number of nitrogens with zero attached hydrogens (tertiary/aromatic N) is 1. The molecule has 8 heteroatoms. The van der Waals surface area contributed by atoms with Gasteiger partial charge in [0.25, 0.3) is 5.91 Å². The third-order valence-corrected chi connectivity index (χ3v) is 6.79. The molecule has 5 nitrogen and oxygen atoms in total. The van der Waals surface area contributed by atoms with Crippen LogP contribution in [0.5, 0.6) is 5.75 Å². The minimum Gasteiger partial charge on any atom is -0.379 e. The first-order valence-electron chi connectivity index (χ1n) is 9.43. The van der Waals surface area contributed by atoms with Gasteiger partial charge in [-0.05, 0) is 66.8 Å². The Kier molecular flexibility index (Phi) is 6.89. The summed E-state index contributed by atoms with van der Waals surface area (Å²) in [5.74, 6) is -0.467. The van der Waals surface area contributed by atoms with Crippen LogP contribution in [0.15, 0.2) is 70.9 Å². The molecule has 0 saturated heterocycles. The van der Waals surface area contributed by atoms with E-state index in [-0.39, 0.29) is 22.6 Å². The van der Waals surface area contributed by atoms with Crippen molar-refractivity contribution in [2.24, 2.45) is 0 Å². The van der Waals surface area contributed by atoms with E-state index in [1.807, 2.05) is 31.4 Å². The van der Waals surface area contributed by atoms with Crippen molar-refractivity contribution in [3.05, 3.63) is 82.3 Å². The average molecular weight is 448 g/mol. The summed E-state index contributed by atoms with van der Waals surface area (Å²) in [5.41, 5.74) is 0.743. The van der Waals surface area contributed by atoms with E-state index >= 15 is 0 Å². The lowest BCUT2D eigenvalue weighted by Crippen LogP contribution is -2.37. The van der Waals surface area contributed by atoms with E-state index in [0.717, 1.165) is 36.2 Å². The third kappa shape index (κ3) is 5.25. The Balaban J connectivity index is 1.81. The third-order valence-electron chi connectivity index (χ3n) is 4.68. The predicted molar refractivity (Wildman–Crippen MR) is 115 cm³/mol. The highest BCUT2D eigenvalue weighted by molar-refractivity contribution is 7.87. The van der Waals surface area contributed by atoms with Crippen molar-refractivity contribution < 1.29 is 21.8 Å². The summed E-state index contributed by atoms with van der Waals surface area (Å²) in [6, 6.07) is 14.7. The van der Waals surface area contributed by atoms with Gasteiger partial charge in [-0.2, -0.15) is 8.42 Å². The molecule has 0 saturated carbocycles. The minimum atomic E-state index is -4.09. The first kappa shape index (κ1) is 22.0. The standard InChI is InChI=1S/C22H22FNO4S2/c1-3-16(2)24(22(25)21-8-5-13-29-21)15-17-6-4-7-19(14-17)28-30(26,27)20-11-9-18(23)10-12-20/h4-14,16H,3,15H2,1-2H3/t16-/m0/s1. The molecule has 0 bridgehead atoms. The van der Waals surface area contributed by atoms with E-state index in [9.17, 15) is 17.6 Å². The number of carbonyl (C=O) groups is 1. The molecule has 0 spiro atoms. The molecule has 3 rings (SSSR count). The summed E-state index contributed by atoms with van der Waals surface area (Å²) in [7, 11) is -4.09. The zero-order chi connectivity index (χ0) is 21.7. The maximum Gasteiger partial charge on any atom is 0.339 e. The first-order valence-corrected chi connectivity index (χ1v) is 11.7. The molecule has 1 heterocycles. The highest BCUT2D eigenvalue weighted by Crippen LogP contribution is 2.23. The van der Waals surface area contributed by atoms with Crippen molar-refractivity contribution in [3.8, 4) is 5.75 Å². The molecule has 0 radical (unpaired) electrons. The van der Waals surface area contributed by atoms with Crippen LogP contribution in [0.4, 0.5) is 4.39 Å². The topological polar surface area (TPSA) is 63.7 Å². The Morgan fingerprint density at radius 1 is 1.13 bits per heavy atom. The largest absolute Gasteiger partial charge is 0.379 e. The lowest BCUT2D eigenvalue weighted by molar-refractivity contribution is 0.0676. The van der Waals surface area contributed by atoms with Crippen LogP contribution in [-0.4, -0.2) is 25.3 Å². The van der Waals surface area contributed by atoms with Crippen molar-refractivity contribution in [2.45, 2.75) is 37.8 Å². The van der Waals surface area contributed by atoms with Crippen molar-refractivity contribution in [1.29, 1.82) is 0 Å². The number of halogens is 1. The van der Waals surface area contributed by atoms with Gasteiger partial charge in [0.15, 0.2) is 0 Å². The molecule has 3 aromatic rings. The monoisotopic (exact) mass is 447 g/mol. The predicted octanol–water partition coefficient (Wildman–Crippen LogP) is 5.10. The molecular weight excluding hydrogens is 425 g/mol. The van der Waals surface area contributed by atoms with E-state index in [4.69, 9.17) is 4.18 Å². The second kappa shape index (κ2) is 9.40. The molecule has 0 aliphatic carbocycles. The molecule has 0 fully saturated rings. The van der Waals surface area contributed by atoms with Gasteiger partial charge in [0, 0.05) is 12.6 Å². The van der Waals surface area contributed by atoms with Crippen LogP contribution in [0.1, 0.15) is 35.5 Å². The number of hydrogen-bond donors (Lipinski definition) is 0. The number of thiophene rings is 1. The second-order valence-electron chi connectivity index (χ2n) is 6.81. The SMILES string of the molecule is CC[C@H](C)N(Cc1cccc(OS(=O)(=O)c2ccc(F)cc2)c1)C(=O)c1cccs1. The molecule has 0 N–H and O–H groups in total. The molecule has 0 unspecified atom stereocenters. The summed E-state index contributed by atoms with van der Waals surface area (Å²) in [5, 5.41) is 1.86. The number of benzene rings is 2. The Labute approximate surface area is 179 Å². The molecule has 0 aliphatic heterocycles. The van der Waals surface area contributed by atoms with E-state index in [2.05, 4.69) is 0 Å². The fourth-order valence-electron chi connectivity index (χ4n) is 2.86. The second-order valence-corrected chi connectivity index (χ2v) is 9.30. The van der Waals surface area contributed by atoms with Crippen LogP contribution in [0.3, 0.4) is 0 Å². The maximum absolute atomic E-state index is 13.1. The van der Waals surface area contributed by atoms with Crippen LogP contribution in [0, 0.1) is 5.82 Å². The van der Waals surface area contributed by atoms with Crippen LogP contribution >= 0.6 is 11.3 Å². The normalized spacial score (nSPS) is 12.4. The Bertz CT molecular complexity index is 1100. The lowest BCUT2D eigenvalue weighted by Gasteiger charge is -2.28. The molecule has 2 aromatic carbocycles. The average Bonchev–Trinajstić information content (AvgIpc) is 3.26. The number of hydrogen-bond acceptors (Lipinski definition) is 5. The Hall–Kier alpha value is -2.71. The van der Waals surface area contributed by atoms with E-state index < -0.39 is 15.9 Å². The molecule has 1 aromatic heterocycles. The fraction of sp³-hybridized carbons (Fsp3) is 0.227. The summed E-state index contributed by atoms with van der Waals surface area (Å²) < 4.78 is 43.2. The van der Waals surface area contributed by atoms with Crippen LogP contribution in [0.2, 0.25) is 0 Å². The van der Waals surface area contributed by atoms with Gasteiger partial charge >= 0.3 is 10.1 Å². The summed E-state index contributed by atoms with van der Waals surface area (Å²) in [4.78, 5) is 15.2. The maximum atomic E-state index is 13.1. The van der Waals surface area contributed by atoms with Crippen LogP contribution in [-0.2, 0) is 16.7 Å². The van der Waals surface area contributed by atoms with Gasteiger partial charge < -0.3 is 9.08 Å². The number of carbonyl (C=O) groups excluding carboxylic acids is 1. The van der Waals surface area contributed by atoms with Gasteiger partial charge in [-0.3, -0.25) is 4.79 Å². The van der Waals surface area contributed by atoms with Gasteiger partial charge in [-0.25, -0.2) is 4.39 Å². The quantitative estimate of drug-likeness (QED) is 0.451. The van der Waals surface area contributed by atoms with Gasteiger partial charge in [0.05, 0.1) is 4.88 Å². The van der Waals surface area contributed by atoms with Crippen molar-refractivity contribution in [3.63, 3.8) is 0 Å². The van der Waals surface area contributed by atoms with E-state index in [1.165, 1.54) is 17.4 Å². The fourth-order valence-corrected chi connectivity index (χ4v) is 4.46. The van der Waals surface area contributed by atoms with E-state index in [0.29, 0.717) is 11.4 Å².